The summed E-state index contributed by atoms with van der Waals surface area (Å²) in [7, 11) is 0. The quantitative estimate of drug-likeness (QED) is 0.652. The maximum absolute atomic E-state index is 14.8. The first kappa shape index (κ1) is 20.5. The highest BCUT2D eigenvalue weighted by Gasteiger charge is 2.64. The summed E-state index contributed by atoms with van der Waals surface area (Å²) in [6.07, 6.45) is -0.307. The van der Waals surface area contributed by atoms with Gasteiger partial charge in [0.15, 0.2) is 19.1 Å². The van der Waals surface area contributed by atoms with Gasteiger partial charge in [0, 0.05) is 12.3 Å². The van der Waals surface area contributed by atoms with Crippen molar-refractivity contribution in [2.45, 2.75) is 63.1 Å². The molecule has 1 saturated carbocycles. The van der Waals surface area contributed by atoms with E-state index >= 15 is 0 Å². The summed E-state index contributed by atoms with van der Waals surface area (Å²) in [4.78, 5) is 48.6. The Morgan fingerprint density at radius 3 is 2.67 bits per heavy atom. The Bertz CT molecular complexity index is 954. The van der Waals surface area contributed by atoms with Gasteiger partial charge in [0.05, 0.1) is 5.92 Å². The number of ether oxygens (including phenoxy) is 4. The Hall–Kier alpha value is -2.73. The highest BCUT2D eigenvalue weighted by atomic mass is 19.2. The lowest BCUT2D eigenvalue weighted by molar-refractivity contribution is -0.211. The van der Waals surface area contributed by atoms with Gasteiger partial charge in [-0.1, -0.05) is 19.3 Å². The second-order valence-electron chi connectivity index (χ2n) is 7.52. The van der Waals surface area contributed by atoms with Crippen LogP contribution in [0.4, 0.5) is 9.18 Å². The molecule has 0 unspecified atom stereocenters. The molecule has 1 aliphatic carbocycles. The molecule has 0 spiro atoms. The predicted octanol–water partition coefficient (Wildman–Crippen LogP) is 0.182. The molecule has 1 N–H and O–H groups in total. The number of rotatable bonds is 5. The lowest BCUT2D eigenvalue weighted by atomic mass is 9.89. The molecule has 30 heavy (non-hydrogen) atoms. The molecule has 11 nitrogen and oxygen atoms in total. The van der Waals surface area contributed by atoms with E-state index in [1.807, 2.05) is 0 Å². The number of aliphatic hydroxyl groups is 1. The van der Waals surface area contributed by atoms with Crippen molar-refractivity contribution in [2.75, 3.05) is 6.61 Å². The minimum Gasteiger partial charge on any atom is -0.443 e. The molecule has 3 aliphatic rings. The summed E-state index contributed by atoms with van der Waals surface area (Å²) in [5.41, 5.74) is -1.71. The fourth-order valence-corrected chi connectivity index (χ4v) is 4.02. The van der Waals surface area contributed by atoms with Gasteiger partial charge in [0.1, 0.15) is 6.61 Å². The second-order valence-corrected chi connectivity index (χ2v) is 7.52. The van der Waals surface area contributed by atoms with E-state index in [1.54, 1.807) is 0 Å². The van der Waals surface area contributed by atoms with Crippen LogP contribution in [0.1, 0.15) is 38.3 Å². The molecule has 0 radical (unpaired) electrons. The van der Waals surface area contributed by atoms with Crippen molar-refractivity contribution < 1.29 is 38.0 Å². The van der Waals surface area contributed by atoms with E-state index in [0.29, 0.717) is 17.4 Å². The summed E-state index contributed by atoms with van der Waals surface area (Å²) < 4.78 is 36.1. The lowest BCUT2D eigenvalue weighted by Crippen LogP contribution is -2.43. The molecular formula is C18H21FN2O9. The van der Waals surface area contributed by atoms with Crippen LogP contribution in [0, 0.1) is 5.92 Å². The van der Waals surface area contributed by atoms with Gasteiger partial charge in [-0.05, 0) is 12.8 Å². The zero-order chi connectivity index (χ0) is 21.5. The number of carbonyl (C=O) groups excluding carboxylic acids is 2. The first-order valence-electron chi connectivity index (χ1n) is 9.67. The molecule has 4 rings (SSSR count). The van der Waals surface area contributed by atoms with Crippen LogP contribution < -0.4 is 11.2 Å². The van der Waals surface area contributed by atoms with Gasteiger partial charge in [-0.15, -0.1) is 0 Å². The van der Waals surface area contributed by atoms with Crippen LogP contribution in [0.2, 0.25) is 0 Å². The first-order valence-corrected chi connectivity index (χ1v) is 9.67. The zero-order valence-corrected chi connectivity index (χ0v) is 15.9. The Kier molecular flexibility index (Phi) is 5.36. The average molecular weight is 428 g/mol. The molecule has 1 aromatic rings. The third-order valence-electron chi connectivity index (χ3n) is 5.64. The van der Waals surface area contributed by atoms with Crippen LogP contribution in [0.3, 0.4) is 0 Å². The maximum atomic E-state index is 14.8. The van der Waals surface area contributed by atoms with Gasteiger partial charge in [-0.3, -0.25) is 14.2 Å². The molecular weight excluding hydrogens is 407 g/mol. The van der Waals surface area contributed by atoms with Gasteiger partial charge in [0.2, 0.25) is 6.10 Å². The Morgan fingerprint density at radius 1 is 1.23 bits per heavy atom. The average Bonchev–Trinajstić information content (AvgIpc) is 3.25. The van der Waals surface area contributed by atoms with Crippen molar-refractivity contribution in [2.24, 2.45) is 5.92 Å². The molecule has 2 saturated heterocycles. The minimum atomic E-state index is -2.78. The number of carbonyl (C=O) groups is 2. The van der Waals surface area contributed by atoms with E-state index in [1.165, 1.54) is 0 Å². The van der Waals surface area contributed by atoms with Gasteiger partial charge in [0.25, 0.3) is 11.4 Å². The molecule has 3 heterocycles. The van der Waals surface area contributed by atoms with Gasteiger partial charge >= 0.3 is 17.8 Å². The van der Waals surface area contributed by atoms with E-state index in [4.69, 9.17) is 18.9 Å². The Balaban J connectivity index is 1.57. The molecule has 0 amide bonds. The van der Waals surface area contributed by atoms with Gasteiger partial charge < -0.3 is 24.1 Å². The topological polar surface area (TPSA) is 135 Å². The lowest BCUT2D eigenvalue weighted by Gasteiger charge is -2.22. The van der Waals surface area contributed by atoms with Gasteiger partial charge in [-0.25, -0.2) is 18.5 Å². The summed E-state index contributed by atoms with van der Waals surface area (Å²) in [6, 6.07) is 1.00. The monoisotopic (exact) mass is 428 g/mol. The number of alkyl halides is 1. The normalized spacial score (nSPS) is 31.1. The van der Waals surface area contributed by atoms with E-state index in [2.05, 4.69) is 0 Å². The highest BCUT2D eigenvalue weighted by Crippen LogP contribution is 2.44. The maximum Gasteiger partial charge on any atom is 0.509 e. The minimum absolute atomic E-state index is 0.272. The highest BCUT2D eigenvalue weighted by molar-refractivity contribution is 5.72. The molecule has 2 aliphatic heterocycles. The first-order chi connectivity index (χ1) is 14.3. The van der Waals surface area contributed by atoms with Crippen LogP contribution in [0.5, 0.6) is 0 Å². The fourth-order valence-electron chi connectivity index (χ4n) is 4.02. The summed E-state index contributed by atoms with van der Waals surface area (Å²) in [5, 5.41) is 9.31. The van der Waals surface area contributed by atoms with Crippen molar-refractivity contribution >= 4 is 12.1 Å². The Labute approximate surface area is 168 Å². The van der Waals surface area contributed by atoms with Gasteiger partial charge in [-0.2, -0.15) is 0 Å². The number of halogens is 1. The zero-order valence-electron chi connectivity index (χ0n) is 15.9. The van der Waals surface area contributed by atoms with E-state index in [-0.39, 0.29) is 5.92 Å². The summed E-state index contributed by atoms with van der Waals surface area (Å²) in [5.74, 6) is -3.55. The number of nitrogens with zero attached hydrogens (tertiary/aromatic N) is 2. The third-order valence-corrected chi connectivity index (χ3v) is 5.64. The number of hydrogen-bond acceptors (Lipinski definition) is 9. The smallest absolute Gasteiger partial charge is 0.443 e. The summed E-state index contributed by atoms with van der Waals surface area (Å²) in [6.45, 7) is -1.76. The van der Waals surface area contributed by atoms with Crippen LogP contribution >= 0.6 is 0 Å². The Morgan fingerprint density at radius 2 is 1.97 bits per heavy atom. The predicted molar refractivity (Wildman–Crippen MR) is 93.8 cm³/mol. The van der Waals surface area contributed by atoms with Crippen molar-refractivity contribution in [1.82, 2.24) is 9.13 Å². The second kappa shape index (κ2) is 7.84. The van der Waals surface area contributed by atoms with E-state index in [0.717, 1.165) is 36.1 Å². The standard InChI is InChI=1S/C18H21FN2O9/c19-18(8-22)13-12(28-17(26)29-13)14(30-18)20-7-6-11(23)21(16(20)25)9-27-15(24)10-4-2-1-3-5-10/h6-7,10,12-14,22H,1-5,8-9H2/t12-,13+,14-,18-/m1/s1. The molecule has 0 bridgehead atoms. The van der Waals surface area contributed by atoms with E-state index < -0.39 is 61.0 Å². The van der Waals surface area contributed by atoms with Crippen LogP contribution in [0.15, 0.2) is 21.9 Å². The molecule has 12 heteroatoms. The number of fused-ring (bicyclic) bond motifs is 1. The number of hydrogen-bond donors (Lipinski definition) is 1. The fraction of sp³-hybridized carbons (Fsp3) is 0.667. The van der Waals surface area contributed by atoms with Crippen molar-refractivity contribution in [3.8, 4) is 0 Å². The van der Waals surface area contributed by atoms with Crippen molar-refractivity contribution in [3.05, 3.63) is 33.1 Å². The van der Waals surface area contributed by atoms with Crippen molar-refractivity contribution in [1.29, 1.82) is 0 Å². The molecule has 3 fully saturated rings. The van der Waals surface area contributed by atoms with Crippen LogP contribution in [0.25, 0.3) is 0 Å². The number of aromatic nitrogens is 2. The van der Waals surface area contributed by atoms with Crippen LogP contribution in [-0.2, 0) is 30.5 Å². The SMILES string of the molecule is O=C1O[C@H]2[C@H](n3ccc(=O)n(COC(=O)C4CCCCC4)c3=O)O[C@](F)(CO)[C@H]2O1. The van der Waals surface area contributed by atoms with Crippen LogP contribution in [-0.4, -0.2) is 51.0 Å². The number of aliphatic hydroxyl groups excluding tert-OH is 1. The summed E-state index contributed by atoms with van der Waals surface area (Å²) >= 11 is 0. The third kappa shape index (κ3) is 3.49. The molecule has 1 aromatic heterocycles. The molecule has 0 aromatic carbocycles. The number of esters is 1. The molecule has 164 valence electrons. The largest absolute Gasteiger partial charge is 0.509 e. The van der Waals surface area contributed by atoms with E-state index in [9.17, 15) is 28.7 Å². The van der Waals surface area contributed by atoms with Crippen molar-refractivity contribution in [3.63, 3.8) is 0 Å². The molecule has 4 atom stereocenters.